The summed E-state index contributed by atoms with van der Waals surface area (Å²) in [5.74, 6) is -0.0444. The van der Waals surface area contributed by atoms with Gasteiger partial charge >= 0.3 is 0 Å². The lowest BCUT2D eigenvalue weighted by atomic mass is 9.99. The van der Waals surface area contributed by atoms with Crippen LogP contribution in [0.25, 0.3) is 0 Å². The van der Waals surface area contributed by atoms with Crippen molar-refractivity contribution < 1.29 is 9.53 Å². The molecule has 4 nitrogen and oxygen atoms in total. The molecule has 3 rings (SSSR count). The Morgan fingerprint density at radius 1 is 1.42 bits per heavy atom. The summed E-state index contributed by atoms with van der Waals surface area (Å²) in [7, 11) is 0. The summed E-state index contributed by atoms with van der Waals surface area (Å²) >= 11 is 5.91. The summed E-state index contributed by atoms with van der Waals surface area (Å²) in [4.78, 5) is 18.4. The molecule has 2 aliphatic rings. The van der Waals surface area contributed by atoms with Crippen molar-refractivity contribution in [2.45, 2.75) is 31.3 Å². The van der Waals surface area contributed by atoms with E-state index in [9.17, 15) is 4.79 Å². The van der Waals surface area contributed by atoms with Gasteiger partial charge in [-0.3, -0.25) is 9.78 Å². The Hall–Kier alpha value is -1.13. The van der Waals surface area contributed by atoms with Gasteiger partial charge in [-0.15, -0.1) is 0 Å². The van der Waals surface area contributed by atoms with E-state index in [2.05, 4.69) is 4.98 Å². The molecule has 0 aromatic carbocycles. The van der Waals surface area contributed by atoms with E-state index in [1.165, 1.54) is 12.8 Å². The minimum absolute atomic E-state index is 0.0444. The van der Waals surface area contributed by atoms with E-state index in [1.54, 1.807) is 18.3 Å². The average molecular weight is 281 g/mol. The minimum atomic E-state index is -0.105. The third kappa shape index (κ3) is 2.60. The fraction of sp³-hybridized carbons (Fsp3) is 0.571. The largest absolute Gasteiger partial charge is 0.371 e. The molecule has 2 heterocycles. The van der Waals surface area contributed by atoms with Crippen molar-refractivity contribution in [3.05, 3.63) is 29.0 Å². The van der Waals surface area contributed by atoms with Crippen LogP contribution in [0.2, 0.25) is 5.02 Å². The highest BCUT2D eigenvalue weighted by Gasteiger charge is 2.40. The molecule has 1 spiro atoms. The van der Waals surface area contributed by atoms with Crippen LogP contribution in [0.4, 0.5) is 0 Å². The van der Waals surface area contributed by atoms with E-state index in [1.807, 2.05) is 4.90 Å². The quantitative estimate of drug-likeness (QED) is 0.794. The van der Waals surface area contributed by atoms with Gasteiger partial charge in [0.2, 0.25) is 0 Å². The monoisotopic (exact) mass is 280 g/mol. The number of nitrogens with zero attached hydrogens (tertiary/aromatic N) is 2. The van der Waals surface area contributed by atoms with Gasteiger partial charge in [-0.25, -0.2) is 0 Å². The molecular weight excluding hydrogens is 264 g/mol. The van der Waals surface area contributed by atoms with Gasteiger partial charge in [0, 0.05) is 17.8 Å². The van der Waals surface area contributed by atoms with Gasteiger partial charge < -0.3 is 9.64 Å². The van der Waals surface area contributed by atoms with Crippen LogP contribution < -0.4 is 0 Å². The summed E-state index contributed by atoms with van der Waals surface area (Å²) in [6, 6.07) is 3.30. The summed E-state index contributed by atoms with van der Waals surface area (Å²) in [6.07, 6.45) is 6.07. The van der Waals surface area contributed by atoms with Crippen LogP contribution in [0.5, 0.6) is 0 Å². The van der Waals surface area contributed by atoms with Crippen molar-refractivity contribution in [2.75, 3.05) is 19.7 Å². The van der Waals surface area contributed by atoms with Crippen LogP contribution in [0, 0.1) is 0 Å². The van der Waals surface area contributed by atoms with E-state index >= 15 is 0 Å². The summed E-state index contributed by atoms with van der Waals surface area (Å²) in [5.41, 5.74) is 0.314. The van der Waals surface area contributed by atoms with E-state index in [-0.39, 0.29) is 11.5 Å². The molecule has 0 unspecified atom stereocenters. The SMILES string of the molecule is O=C(c1cc(Cl)ccn1)N1CCOC2(CCCC2)C1. The van der Waals surface area contributed by atoms with Crippen LogP contribution in [0.1, 0.15) is 36.2 Å². The Kier molecular flexibility index (Phi) is 3.46. The average Bonchev–Trinajstić information content (AvgIpc) is 2.86. The Bertz CT molecular complexity index is 486. The number of carbonyl (C=O) groups is 1. The number of morpholine rings is 1. The van der Waals surface area contributed by atoms with Gasteiger partial charge in [0.05, 0.1) is 18.8 Å². The first kappa shape index (κ1) is 12.9. The van der Waals surface area contributed by atoms with Crippen LogP contribution in [-0.2, 0) is 4.74 Å². The molecule has 1 saturated carbocycles. The standard InChI is InChI=1S/C14H17ClN2O2/c15-11-3-6-16-12(9-11)13(18)17-7-8-19-14(10-17)4-1-2-5-14/h3,6,9H,1-2,4-5,7-8,10H2. The normalized spacial score (nSPS) is 21.8. The zero-order valence-electron chi connectivity index (χ0n) is 10.8. The Morgan fingerprint density at radius 2 is 2.21 bits per heavy atom. The molecule has 1 aliphatic carbocycles. The maximum atomic E-state index is 12.4. The van der Waals surface area contributed by atoms with Crippen molar-refractivity contribution in [1.82, 2.24) is 9.88 Å². The molecule has 102 valence electrons. The van der Waals surface area contributed by atoms with E-state index < -0.39 is 0 Å². The molecule has 1 aliphatic heterocycles. The van der Waals surface area contributed by atoms with E-state index in [0.717, 1.165) is 12.8 Å². The molecule has 0 atom stereocenters. The molecule has 1 amide bonds. The lowest BCUT2D eigenvalue weighted by Crippen LogP contribution is -2.52. The summed E-state index contributed by atoms with van der Waals surface area (Å²) in [5, 5.41) is 0.544. The van der Waals surface area contributed by atoms with E-state index in [0.29, 0.717) is 30.4 Å². The number of pyridine rings is 1. The van der Waals surface area contributed by atoms with Gasteiger partial charge in [0.25, 0.3) is 5.91 Å². The molecule has 0 bridgehead atoms. The van der Waals surface area contributed by atoms with Crippen LogP contribution in [0.15, 0.2) is 18.3 Å². The smallest absolute Gasteiger partial charge is 0.272 e. The molecule has 19 heavy (non-hydrogen) atoms. The highest BCUT2D eigenvalue weighted by molar-refractivity contribution is 6.30. The summed E-state index contributed by atoms with van der Waals surface area (Å²) in [6.45, 7) is 1.93. The Morgan fingerprint density at radius 3 is 2.95 bits per heavy atom. The third-order valence-electron chi connectivity index (χ3n) is 3.99. The minimum Gasteiger partial charge on any atom is -0.371 e. The van der Waals surface area contributed by atoms with Crippen LogP contribution in [-0.4, -0.2) is 41.1 Å². The lowest BCUT2D eigenvalue weighted by Gasteiger charge is -2.40. The zero-order valence-corrected chi connectivity index (χ0v) is 11.5. The number of carbonyl (C=O) groups excluding carboxylic acids is 1. The molecular formula is C14H17ClN2O2. The second kappa shape index (κ2) is 5.10. The summed E-state index contributed by atoms with van der Waals surface area (Å²) < 4.78 is 5.93. The number of ether oxygens (including phenoxy) is 1. The number of aromatic nitrogens is 1. The topological polar surface area (TPSA) is 42.4 Å². The highest BCUT2D eigenvalue weighted by Crippen LogP contribution is 2.36. The predicted molar refractivity (Wildman–Crippen MR) is 72.3 cm³/mol. The van der Waals surface area contributed by atoms with Crippen molar-refractivity contribution in [1.29, 1.82) is 0 Å². The molecule has 2 fully saturated rings. The Balaban J connectivity index is 1.76. The van der Waals surface area contributed by atoms with Gasteiger partial charge in [0.1, 0.15) is 5.69 Å². The number of rotatable bonds is 1. The highest BCUT2D eigenvalue weighted by atomic mass is 35.5. The van der Waals surface area contributed by atoms with Gasteiger partial charge in [-0.1, -0.05) is 24.4 Å². The fourth-order valence-electron chi connectivity index (χ4n) is 3.02. The first-order valence-electron chi connectivity index (χ1n) is 6.73. The second-order valence-electron chi connectivity index (χ2n) is 5.32. The van der Waals surface area contributed by atoms with Crippen molar-refractivity contribution >= 4 is 17.5 Å². The Labute approximate surface area is 117 Å². The second-order valence-corrected chi connectivity index (χ2v) is 5.76. The van der Waals surface area contributed by atoms with Crippen LogP contribution >= 0.6 is 11.6 Å². The number of halogens is 1. The van der Waals surface area contributed by atoms with Gasteiger partial charge in [-0.05, 0) is 25.0 Å². The first-order valence-corrected chi connectivity index (χ1v) is 7.11. The van der Waals surface area contributed by atoms with Crippen LogP contribution in [0.3, 0.4) is 0 Å². The maximum Gasteiger partial charge on any atom is 0.272 e. The maximum absolute atomic E-state index is 12.4. The fourth-order valence-corrected chi connectivity index (χ4v) is 3.18. The first-order chi connectivity index (χ1) is 9.19. The predicted octanol–water partition coefficient (Wildman–Crippen LogP) is 2.52. The van der Waals surface area contributed by atoms with Crippen molar-refractivity contribution in [3.63, 3.8) is 0 Å². The zero-order chi connectivity index (χ0) is 13.3. The van der Waals surface area contributed by atoms with E-state index in [4.69, 9.17) is 16.3 Å². The van der Waals surface area contributed by atoms with Gasteiger partial charge in [-0.2, -0.15) is 0 Å². The van der Waals surface area contributed by atoms with Crippen molar-refractivity contribution in [3.8, 4) is 0 Å². The number of amides is 1. The third-order valence-corrected chi connectivity index (χ3v) is 4.23. The number of hydrogen-bond donors (Lipinski definition) is 0. The number of hydrogen-bond acceptors (Lipinski definition) is 3. The molecule has 1 saturated heterocycles. The molecule has 0 N–H and O–H groups in total. The lowest BCUT2D eigenvalue weighted by molar-refractivity contribution is -0.0949. The molecule has 1 aromatic heterocycles. The molecule has 0 radical (unpaired) electrons. The van der Waals surface area contributed by atoms with Crippen molar-refractivity contribution in [2.24, 2.45) is 0 Å². The molecule has 1 aromatic rings. The molecule has 5 heteroatoms. The van der Waals surface area contributed by atoms with Gasteiger partial charge in [0.15, 0.2) is 0 Å².